The van der Waals surface area contributed by atoms with E-state index in [9.17, 15) is 13.2 Å². The van der Waals surface area contributed by atoms with E-state index in [4.69, 9.17) is 17.3 Å². The summed E-state index contributed by atoms with van der Waals surface area (Å²) in [5.41, 5.74) is 5.02. The van der Waals surface area contributed by atoms with Crippen molar-refractivity contribution in [3.05, 3.63) is 47.0 Å². The highest BCUT2D eigenvalue weighted by atomic mass is 35.5. The van der Waals surface area contributed by atoms with Gasteiger partial charge in [0.2, 0.25) is 0 Å². The van der Waals surface area contributed by atoms with Crippen molar-refractivity contribution in [1.29, 1.82) is 0 Å². The summed E-state index contributed by atoms with van der Waals surface area (Å²) in [5, 5.41) is -0.0145. The average Bonchev–Trinajstić information content (AvgIpc) is 2.36. The molecule has 0 aliphatic heterocycles. The fourth-order valence-electron chi connectivity index (χ4n) is 2.06. The molecule has 0 saturated carbocycles. The van der Waals surface area contributed by atoms with Gasteiger partial charge in [0, 0.05) is 16.1 Å². The highest BCUT2D eigenvalue weighted by Crippen LogP contribution is 2.43. The van der Waals surface area contributed by atoms with Gasteiger partial charge in [-0.25, -0.2) is 0 Å². The number of anilines is 1. The van der Waals surface area contributed by atoms with Crippen LogP contribution in [0.3, 0.4) is 0 Å². The van der Waals surface area contributed by atoms with Gasteiger partial charge in [-0.15, -0.1) is 0 Å². The Balaban J connectivity index is 2.62. The van der Waals surface area contributed by atoms with Gasteiger partial charge < -0.3 is 5.73 Å². The Morgan fingerprint density at radius 3 is 2.41 bits per heavy atom. The van der Waals surface area contributed by atoms with Crippen molar-refractivity contribution in [1.82, 2.24) is 4.31 Å². The Kier molecular flexibility index (Phi) is 4.94. The quantitative estimate of drug-likeness (QED) is 0.613. The molecule has 0 fully saturated rings. The van der Waals surface area contributed by atoms with Crippen LogP contribution in [-0.4, -0.2) is 18.4 Å². The van der Waals surface area contributed by atoms with Crippen LogP contribution in [0.5, 0.6) is 0 Å². The number of halogens is 4. The topological polar surface area (TPSA) is 29.3 Å². The number of nitrogen functional groups attached to an aromatic ring is 1. The predicted octanol–water partition coefficient (Wildman–Crippen LogP) is 5.18. The maximum absolute atomic E-state index is 13.3. The molecule has 0 unspecified atom stereocenters. The number of hydrogen-bond donors (Lipinski definition) is 1. The molecule has 0 saturated heterocycles. The van der Waals surface area contributed by atoms with Gasteiger partial charge in [0.05, 0.1) is 10.6 Å². The van der Waals surface area contributed by atoms with Crippen molar-refractivity contribution in [2.24, 2.45) is 0 Å². The van der Waals surface area contributed by atoms with Crippen molar-refractivity contribution >= 4 is 29.2 Å². The second-order valence-electron chi connectivity index (χ2n) is 4.85. The van der Waals surface area contributed by atoms with E-state index in [0.717, 1.165) is 11.0 Å². The number of nitrogens with two attached hydrogens (primary N) is 1. The molecular formula is C15H14ClF3N2S. The van der Waals surface area contributed by atoms with Crippen LogP contribution in [0.2, 0.25) is 5.02 Å². The zero-order valence-electron chi connectivity index (χ0n) is 11.9. The Bertz CT molecular complexity index is 687. The van der Waals surface area contributed by atoms with E-state index in [2.05, 4.69) is 0 Å². The Morgan fingerprint density at radius 2 is 1.82 bits per heavy atom. The summed E-state index contributed by atoms with van der Waals surface area (Å²) in [4.78, 5) is 0.823. The first kappa shape index (κ1) is 17.0. The zero-order chi connectivity index (χ0) is 16.5. The highest BCUT2D eigenvalue weighted by Gasteiger charge is 2.35. The standard InChI is InChI=1S/C15H14ClF3N2S/c1-21(2)22-11-5-3-4-9(6-11)14-12(15(17,18)19)7-10(20)8-13(14)16/h3-8H,20H2,1-2H3. The average molecular weight is 347 g/mol. The molecule has 0 bridgehead atoms. The number of benzene rings is 2. The minimum Gasteiger partial charge on any atom is -0.399 e. The minimum absolute atomic E-state index is 0.0140. The third kappa shape index (κ3) is 3.88. The molecule has 0 aliphatic carbocycles. The lowest BCUT2D eigenvalue weighted by Gasteiger charge is -2.17. The van der Waals surface area contributed by atoms with Crippen molar-refractivity contribution in [3.8, 4) is 11.1 Å². The summed E-state index contributed by atoms with van der Waals surface area (Å²) >= 11 is 7.45. The Hall–Kier alpha value is -1.37. The van der Waals surface area contributed by atoms with Crippen molar-refractivity contribution in [2.75, 3.05) is 19.8 Å². The van der Waals surface area contributed by atoms with Gasteiger partial charge in [-0.2, -0.15) is 13.2 Å². The number of alkyl halides is 3. The van der Waals surface area contributed by atoms with Gasteiger partial charge in [0.25, 0.3) is 0 Å². The maximum Gasteiger partial charge on any atom is 0.417 e. The van der Waals surface area contributed by atoms with Crippen LogP contribution >= 0.6 is 23.5 Å². The molecule has 0 aliphatic rings. The fourth-order valence-corrected chi connectivity index (χ4v) is 3.14. The van der Waals surface area contributed by atoms with Gasteiger partial charge >= 0.3 is 6.18 Å². The number of rotatable bonds is 3. The number of hydrogen-bond acceptors (Lipinski definition) is 3. The van der Waals surface area contributed by atoms with Crippen LogP contribution in [0.25, 0.3) is 11.1 Å². The molecule has 7 heteroatoms. The SMILES string of the molecule is CN(C)Sc1cccc(-c2c(Cl)cc(N)cc2C(F)(F)F)c1. The molecule has 2 aromatic rings. The lowest BCUT2D eigenvalue weighted by atomic mass is 9.98. The van der Waals surface area contributed by atoms with Crippen LogP contribution in [0.1, 0.15) is 5.56 Å². The first-order valence-electron chi connectivity index (χ1n) is 6.30. The second kappa shape index (κ2) is 6.40. The predicted molar refractivity (Wildman–Crippen MR) is 85.8 cm³/mol. The van der Waals surface area contributed by atoms with E-state index in [1.165, 1.54) is 18.0 Å². The fraction of sp³-hybridized carbons (Fsp3) is 0.200. The first-order valence-corrected chi connectivity index (χ1v) is 7.45. The van der Waals surface area contributed by atoms with Crippen molar-refractivity contribution in [2.45, 2.75) is 11.1 Å². The van der Waals surface area contributed by atoms with Crippen molar-refractivity contribution in [3.63, 3.8) is 0 Å². The van der Waals surface area contributed by atoms with Gasteiger partial charge in [-0.1, -0.05) is 23.7 Å². The molecule has 0 atom stereocenters. The summed E-state index contributed by atoms with van der Waals surface area (Å²) in [7, 11) is 3.71. The van der Waals surface area contributed by atoms with Crippen LogP contribution in [-0.2, 0) is 6.18 Å². The summed E-state index contributed by atoms with van der Waals surface area (Å²) in [6.07, 6.45) is -4.53. The summed E-state index contributed by atoms with van der Waals surface area (Å²) in [6.45, 7) is 0. The lowest BCUT2D eigenvalue weighted by molar-refractivity contribution is -0.137. The highest BCUT2D eigenvalue weighted by molar-refractivity contribution is 7.97. The maximum atomic E-state index is 13.3. The van der Waals surface area contributed by atoms with Gasteiger partial charge in [0.15, 0.2) is 0 Å². The zero-order valence-corrected chi connectivity index (χ0v) is 13.5. The Labute approximate surface area is 136 Å². The summed E-state index contributed by atoms with van der Waals surface area (Å²) in [6, 6.07) is 9.05. The van der Waals surface area contributed by atoms with E-state index in [1.807, 2.05) is 24.5 Å². The summed E-state index contributed by atoms with van der Waals surface area (Å²) in [5.74, 6) is 0. The molecule has 118 valence electrons. The molecule has 0 amide bonds. The molecule has 2 nitrogen and oxygen atoms in total. The molecule has 0 aromatic heterocycles. The number of nitrogens with zero attached hydrogens (tertiary/aromatic N) is 1. The molecule has 2 aromatic carbocycles. The molecule has 2 rings (SSSR count). The van der Waals surface area contributed by atoms with E-state index in [1.54, 1.807) is 18.2 Å². The van der Waals surface area contributed by atoms with Crippen LogP contribution < -0.4 is 5.73 Å². The third-order valence-electron chi connectivity index (χ3n) is 2.83. The van der Waals surface area contributed by atoms with Crippen LogP contribution in [0, 0.1) is 0 Å². The molecule has 0 heterocycles. The van der Waals surface area contributed by atoms with E-state index in [-0.39, 0.29) is 16.3 Å². The van der Waals surface area contributed by atoms with E-state index >= 15 is 0 Å². The van der Waals surface area contributed by atoms with Gasteiger partial charge in [0.1, 0.15) is 0 Å². The first-order chi connectivity index (χ1) is 10.2. The smallest absolute Gasteiger partial charge is 0.399 e. The van der Waals surface area contributed by atoms with Gasteiger partial charge in [-0.05, 0) is 55.9 Å². The molecule has 2 N–H and O–H groups in total. The lowest BCUT2D eigenvalue weighted by Crippen LogP contribution is -2.08. The van der Waals surface area contributed by atoms with Crippen LogP contribution in [0.15, 0.2) is 41.3 Å². The second-order valence-corrected chi connectivity index (χ2v) is 6.65. The molecule has 22 heavy (non-hydrogen) atoms. The molecule has 0 spiro atoms. The Morgan fingerprint density at radius 1 is 1.14 bits per heavy atom. The largest absolute Gasteiger partial charge is 0.417 e. The third-order valence-corrected chi connectivity index (χ3v) is 3.96. The normalized spacial score (nSPS) is 12.0. The molecular weight excluding hydrogens is 333 g/mol. The minimum atomic E-state index is -4.53. The van der Waals surface area contributed by atoms with E-state index in [0.29, 0.717) is 5.56 Å². The van der Waals surface area contributed by atoms with Crippen molar-refractivity contribution < 1.29 is 13.2 Å². The monoisotopic (exact) mass is 346 g/mol. The van der Waals surface area contributed by atoms with Gasteiger partial charge in [-0.3, -0.25) is 4.31 Å². The van der Waals surface area contributed by atoms with Crippen LogP contribution in [0.4, 0.5) is 18.9 Å². The van der Waals surface area contributed by atoms with E-state index < -0.39 is 11.7 Å². The molecule has 0 radical (unpaired) electrons. The summed E-state index contributed by atoms with van der Waals surface area (Å²) < 4.78 is 41.7.